The van der Waals surface area contributed by atoms with Gasteiger partial charge in [0.25, 0.3) is 0 Å². The van der Waals surface area contributed by atoms with Crippen molar-refractivity contribution in [2.24, 2.45) is 0 Å². The normalized spacial score (nSPS) is 16.8. The summed E-state index contributed by atoms with van der Waals surface area (Å²) in [6, 6.07) is 5.14. The topological polar surface area (TPSA) is 83.6 Å². The number of hydrogen-bond acceptors (Lipinski definition) is 4. The molecule has 136 valence electrons. The fraction of sp³-hybridized carbons (Fsp3) is 0.625. The van der Waals surface area contributed by atoms with Crippen molar-refractivity contribution in [2.45, 2.75) is 50.5 Å². The van der Waals surface area contributed by atoms with Crippen LogP contribution < -0.4 is 4.72 Å². The smallest absolute Gasteiger partial charge is 0.212 e. The number of rotatable bonds is 7. The third-order valence-electron chi connectivity index (χ3n) is 4.40. The van der Waals surface area contributed by atoms with Crippen LogP contribution in [-0.2, 0) is 20.0 Å². The molecular weight excluding hydrogens is 348 g/mol. The maximum atomic E-state index is 12.4. The standard InChI is InChI=1S/C16H26N2O4S2/c1-13-8-9-16(14(2)12-13)24(21,22)17-10-11-18(23(3,19)20)15-6-4-5-7-15/h8-9,12,15,17H,4-7,10-11H2,1-3H3. The van der Waals surface area contributed by atoms with Gasteiger partial charge >= 0.3 is 0 Å². The largest absolute Gasteiger partial charge is 0.240 e. The van der Waals surface area contributed by atoms with Crippen molar-refractivity contribution >= 4 is 20.0 Å². The zero-order valence-corrected chi connectivity index (χ0v) is 16.1. The fourth-order valence-corrected chi connectivity index (χ4v) is 5.70. The molecule has 2 rings (SSSR count). The lowest BCUT2D eigenvalue weighted by molar-refractivity contribution is 0.328. The van der Waals surface area contributed by atoms with Crippen molar-refractivity contribution in [3.63, 3.8) is 0 Å². The van der Waals surface area contributed by atoms with Crippen LogP contribution in [0.5, 0.6) is 0 Å². The number of aryl methyl sites for hydroxylation is 2. The SMILES string of the molecule is Cc1ccc(S(=O)(=O)NCCN(C2CCCC2)S(C)(=O)=O)c(C)c1. The second-order valence-corrected chi connectivity index (χ2v) is 10.1. The van der Waals surface area contributed by atoms with Crippen LogP contribution in [0.25, 0.3) is 0 Å². The van der Waals surface area contributed by atoms with E-state index in [1.807, 2.05) is 13.0 Å². The van der Waals surface area contributed by atoms with E-state index in [-0.39, 0.29) is 24.0 Å². The molecule has 1 N–H and O–H groups in total. The highest BCUT2D eigenvalue weighted by atomic mass is 32.2. The molecule has 0 spiro atoms. The van der Waals surface area contributed by atoms with Gasteiger partial charge in [-0.2, -0.15) is 4.31 Å². The number of nitrogens with zero attached hydrogens (tertiary/aromatic N) is 1. The average Bonchev–Trinajstić information content (AvgIpc) is 2.95. The third-order valence-corrected chi connectivity index (χ3v) is 7.36. The lowest BCUT2D eigenvalue weighted by Crippen LogP contribution is -2.43. The molecule has 8 heteroatoms. The summed E-state index contributed by atoms with van der Waals surface area (Å²) in [5.41, 5.74) is 1.68. The Bertz CT molecular complexity index is 782. The van der Waals surface area contributed by atoms with E-state index in [0.29, 0.717) is 5.56 Å². The van der Waals surface area contributed by atoms with E-state index in [1.54, 1.807) is 19.1 Å². The summed E-state index contributed by atoms with van der Waals surface area (Å²) in [7, 11) is -6.99. The molecule has 0 aliphatic heterocycles. The molecule has 0 radical (unpaired) electrons. The van der Waals surface area contributed by atoms with Gasteiger partial charge in [0.2, 0.25) is 20.0 Å². The lowest BCUT2D eigenvalue weighted by Gasteiger charge is -2.26. The minimum Gasteiger partial charge on any atom is -0.212 e. The summed E-state index contributed by atoms with van der Waals surface area (Å²) in [5, 5.41) is 0. The summed E-state index contributed by atoms with van der Waals surface area (Å²) < 4.78 is 52.8. The molecule has 1 fully saturated rings. The van der Waals surface area contributed by atoms with Crippen LogP contribution in [0.1, 0.15) is 36.8 Å². The van der Waals surface area contributed by atoms with Gasteiger partial charge in [0.05, 0.1) is 11.2 Å². The van der Waals surface area contributed by atoms with Gasteiger partial charge in [-0.1, -0.05) is 30.5 Å². The highest BCUT2D eigenvalue weighted by Crippen LogP contribution is 2.25. The number of hydrogen-bond donors (Lipinski definition) is 1. The first-order chi connectivity index (χ1) is 11.1. The molecule has 0 saturated heterocycles. The molecule has 1 aromatic carbocycles. The quantitative estimate of drug-likeness (QED) is 0.789. The van der Waals surface area contributed by atoms with Crippen molar-refractivity contribution in [1.82, 2.24) is 9.03 Å². The Morgan fingerprint density at radius 2 is 1.75 bits per heavy atom. The van der Waals surface area contributed by atoms with Gasteiger partial charge in [-0.25, -0.2) is 21.6 Å². The van der Waals surface area contributed by atoms with Crippen LogP contribution in [-0.4, -0.2) is 46.5 Å². The Kier molecular flexibility index (Phi) is 6.06. The van der Waals surface area contributed by atoms with Crippen LogP contribution in [0.4, 0.5) is 0 Å². The van der Waals surface area contributed by atoms with Crippen molar-refractivity contribution < 1.29 is 16.8 Å². The first-order valence-corrected chi connectivity index (χ1v) is 11.5. The summed E-state index contributed by atoms with van der Waals surface area (Å²) >= 11 is 0. The van der Waals surface area contributed by atoms with Gasteiger partial charge in [0, 0.05) is 19.1 Å². The van der Waals surface area contributed by atoms with E-state index in [0.717, 1.165) is 31.2 Å². The first-order valence-electron chi connectivity index (χ1n) is 8.15. The molecule has 1 saturated carbocycles. The Morgan fingerprint density at radius 3 is 2.29 bits per heavy atom. The zero-order chi connectivity index (χ0) is 18.0. The maximum absolute atomic E-state index is 12.4. The molecule has 0 aromatic heterocycles. The first kappa shape index (κ1) is 19.4. The monoisotopic (exact) mass is 374 g/mol. The molecule has 1 aliphatic rings. The second kappa shape index (κ2) is 7.51. The van der Waals surface area contributed by atoms with Gasteiger partial charge in [-0.05, 0) is 38.3 Å². The molecule has 0 atom stereocenters. The lowest BCUT2D eigenvalue weighted by atomic mass is 10.2. The molecule has 1 aliphatic carbocycles. The molecule has 0 amide bonds. The summed E-state index contributed by atoms with van der Waals surface area (Å²) in [4.78, 5) is 0.236. The molecule has 1 aromatic rings. The van der Waals surface area contributed by atoms with E-state index in [2.05, 4.69) is 4.72 Å². The highest BCUT2D eigenvalue weighted by molar-refractivity contribution is 7.89. The van der Waals surface area contributed by atoms with Crippen LogP contribution >= 0.6 is 0 Å². The predicted octanol–water partition coefficient (Wildman–Crippen LogP) is 1.79. The second-order valence-electron chi connectivity index (χ2n) is 6.48. The van der Waals surface area contributed by atoms with Gasteiger partial charge < -0.3 is 0 Å². The van der Waals surface area contributed by atoms with Gasteiger partial charge in [-0.15, -0.1) is 0 Å². The number of nitrogens with one attached hydrogen (secondary N) is 1. The Morgan fingerprint density at radius 1 is 1.12 bits per heavy atom. The minimum atomic E-state index is -3.64. The van der Waals surface area contributed by atoms with Crippen molar-refractivity contribution in [3.8, 4) is 0 Å². The third kappa shape index (κ3) is 4.78. The molecule has 0 unspecified atom stereocenters. The summed E-state index contributed by atoms with van der Waals surface area (Å²) in [5.74, 6) is 0. The van der Waals surface area contributed by atoms with Gasteiger partial charge in [0.15, 0.2) is 0 Å². The number of sulfonamides is 2. The average molecular weight is 375 g/mol. The van der Waals surface area contributed by atoms with E-state index < -0.39 is 20.0 Å². The Hall–Kier alpha value is -0.960. The molecule has 6 nitrogen and oxygen atoms in total. The van der Waals surface area contributed by atoms with Crippen LogP contribution in [0.2, 0.25) is 0 Å². The maximum Gasteiger partial charge on any atom is 0.240 e. The van der Waals surface area contributed by atoms with Crippen LogP contribution in [0.3, 0.4) is 0 Å². The van der Waals surface area contributed by atoms with Crippen LogP contribution in [0, 0.1) is 13.8 Å². The highest BCUT2D eigenvalue weighted by Gasteiger charge is 2.29. The van der Waals surface area contributed by atoms with E-state index in [4.69, 9.17) is 0 Å². The van der Waals surface area contributed by atoms with Gasteiger partial charge in [-0.3, -0.25) is 0 Å². The molecule has 24 heavy (non-hydrogen) atoms. The van der Waals surface area contributed by atoms with Crippen molar-refractivity contribution in [1.29, 1.82) is 0 Å². The molecular formula is C16H26N2O4S2. The molecule has 0 heterocycles. The van der Waals surface area contributed by atoms with Gasteiger partial charge in [0.1, 0.15) is 0 Å². The van der Waals surface area contributed by atoms with Crippen molar-refractivity contribution in [3.05, 3.63) is 29.3 Å². The summed E-state index contributed by atoms with van der Waals surface area (Å²) in [6.45, 7) is 3.89. The minimum absolute atomic E-state index is 0.00869. The Balaban J connectivity index is 2.05. The fourth-order valence-electron chi connectivity index (χ4n) is 3.28. The zero-order valence-electron chi connectivity index (χ0n) is 14.4. The van der Waals surface area contributed by atoms with E-state index in [1.165, 1.54) is 10.6 Å². The van der Waals surface area contributed by atoms with E-state index in [9.17, 15) is 16.8 Å². The van der Waals surface area contributed by atoms with Crippen LogP contribution in [0.15, 0.2) is 23.1 Å². The number of benzene rings is 1. The Labute approximate surface area is 145 Å². The summed E-state index contributed by atoms with van der Waals surface area (Å²) in [6.07, 6.45) is 4.91. The van der Waals surface area contributed by atoms with E-state index >= 15 is 0 Å². The predicted molar refractivity (Wildman–Crippen MR) is 94.9 cm³/mol. The molecule has 0 bridgehead atoms. The van der Waals surface area contributed by atoms with Crippen molar-refractivity contribution in [2.75, 3.05) is 19.3 Å².